The molecule has 1 N–H and O–H groups in total. The highest BCUT2D eigenvalue weighted by Crippen LogP contribution is 2.38. The van der Waals surface area contributed by atoms with Crippen LogP contribution in [0.2, 0.25) is 0 Å². The number of pyridine rings is 1. The van der Waals surface area contributed by atoms with E-state index in [-0.39, 0.29) is 17.4 Å². The molecule has 0 saturated carbocycles. The normalized spacial score (nSPS) is 16.3. The van der Waals surface area contributed by atoms with Crippen LogP contribution in [0.4, 0.5) is 19.2 Å². The molecule has 1 aliphatic rings. The maximum atomic E-state index is 13.6. The summed E-state index contributed by atoms with van der Waals surface area (Å²) in [7, 11) is 0. The highest BCUT2D eigenvalue weighted by atomic mass is 19.4. The fourth-order valence-electron chi connectivity index (χ4n) is 4.04. The molecule has 1 unspecified atom stereocenters. The van der Waals surface area contributed by atoms with Crippen molar-refractivity contribution in [1.29, 1.82) is 0 Å². The van der Waals surface area contributed by atoms with Crippen LogP contribution in [0.3, 0.4) is 0 Å². The molecule has 5 aromatic rings. The minimum absolute atomic E-state index is 0.0478. The molecule has 0 aromatic carbocycles. The lowest BCUT2D eigenvalue weighted by molar-refractivity contribution is -0.136. The van der Waals surface area contributed by atoms with Gasteiger partial charge in [-0.25, -0.2) is 9.50 Å². The second-order valence-electron chi connectivity index (χ2n) is 7.43. The summed E-state index contributed by atoms with van der Waals surface area (Å²) < 4.78 is 47.7. The van der Waals surface area contributed by atoms with Crippen molar-refractivity contribution in [3.8, 4) is 11.6 Å². The number of aromatic nitrogens is 8. The van der Waals surface area contributed by atoms with Gasteiger partial charge in [0.05, 0.1) is 28.8 Å². The lowest BCUT2D eigenvalue weighted by Gasteiger charge is -2.32. The Labute approximate surface area is 183 Å². The smallest absolute Gasteiger partial charge is 0.401 e. The van der Waals surface area contributed by atoms with Crippen molar-refractivity contribution in [2.45, 2.75) is 18.6 Å². The maximum absolute atomic E-state index is 13.6. The van der Waals surface area contributed by atoms with Crippen LogP contribution in [0.25, 0.3) is 17.1 Å². The zero-order valence-electron chi connectivity index (χ0n) is 16.7. The molecule has 13 heteroatoms. The summed E-state index contributed by atoms with van der Waals surface area (Å²) in [6.07, 6.45) is 0.652. The number of halogens is 3. The molecule has 0 saturated heterocycles. The van der Waals surface area contributed by atoms with Crippen LogP contribution in [0, 0.1) is 0 Å². The van der Waals surface area contributed by atoms with Crippen molar-refractivity contribution in [2.75, 3.05) is 11.4 Å². The first kappa shape index (κ1) is 19.4. The maximum Gasteiger partial charge on any atom is 0.418 e. The van der Waals surface area contributed by atoms with E-state index in [1.165, 1.54) is 29.0 Å². The summed E-state index contributed by atoms with van der Waals surface area (Å²) in [5, 5.41) is 20.4. The van der Waals surface area contributed by atoms with Crippen molar-refractivity contribution in [3.05, 3.63) is 71.7 Å². The van der Waals surface area contributed by atoms with Gasteiger partial charge in [-0.1, -0.05) is 5.10 Å². The second kappa shape index (κ2) is 7.12. The second-order valence-corrected chi connectivity index (χ2v) is 7.43. The third-order valence-corrected chi connectivity index (χ3v) is 5.48. The fourth-order valence-corrected chi connectivity index (χ4v) is 4.04. The molecule has 0 aliphatic carbocycles. The highest BCUT2D eigenvalue weighted by molar-refractivity contribution is 5.59. The van der Waals surface area contributed by atoms with Crippen LogP contribution in [0.15, 0.2) is 53.5 Å². The number of nitrogens with one attached hydrogen (secondary N) is 1. The Morgan fingerprint density at radius 2 is 2.03 bits per heavy atom. The summed E-state index contributed by atoms with van der Waals surface area (Å²) in [4.78, 5) is 9.29. The van der Waals surface area contributed by atoms with E-state index in [2.05, 4.69) is 35.5 Å². The Morgan fingerprint density at radius 1 is 1.12 bits per heavy atom. The Kier molecular flexibility index (Phi) is 4.18. The predicted molar refractivity (Wildman–Crippen MR) is 107 cm³/mol. The van der Waals surface area contributed by atoms with Gasteiger partial charge < -0.3 is 14.3 Å². The quantitative estimate of drug-likeness (QED) is 0.443. The summed E-state index contributed by atoms with van der Waals surface area (Å²) in [5.41, 5.74) is 1.48. The van der Waals surface area contributed by atoms with Crippen LogP contribution >= 0.6 is 0 Å². The SMILES string of the molecule is FC(F)(F)c1cccn2nc(C3c4nc[nH]c4CCN3c3nnc(-c4cccnn4)o3)cc12. The van der Waals surface area contributed by atoms with Crippen molar-refractivity contribution in [2.24, 2.45) is 0 Å². The number of anilines is 1. The monoisotopic (exact) mass is 453 g/mol. The molecule has 0 bridgehead atoms. The van der Waals surface area contributed by atoms with Crippen molar-refractivity contribution >= 4 is 11.5 Å². The number of hydrogen-bond donors (Lipinski definition) is 1. The largest absolute Gasteiger partial charge is 0.418 e. The Morgan fingerprint density at radius 3 is 2.85 bits per heavy atom. The minimum atomic E-state index is -4.51. The summed E-state index contributed by atoms with van der Waals surface area (Å²) in [6.45, 7) is 0.460. The van der Waals surface area contributed by atoms with E-state index >= 15 is 0 Å². The number of aromatic amines is 1. The van der Waals surface area contributed by atoms with Gasteiger partial charge in [-0.3, -0.25) is 0 Å². The number of imidazole rings is 1. The van der Waals surface area contributed by atoms with E-state index in [0.717, 1.165) is 11.8 Å². The Bertz CT molecular complexity index is 1440. The number of fused-ring (bicyclic) bond motifs is 2. The standard InChI is InChI=1S/C20H14F3N9O/c21-20(22,23)11-3-2-7-32-15(11)9-14(30-32)17-16-12(24-10-25-16)5-8-31(17)19-29-28-18(33-19)13-4-1-6-26-27-13/h1-4,6-7,9-10,17H,5,8H2,(H,24,25). The third-order valence-electron chi connectivity index (χ3n) is 5.48. The van der Waals surface area contributed by atoms with Gasteiger partial charge in [-0.05, 0) is 30.3 Å². The first-order valence-electron chi connectivity index (χ1n) is 9.95. The number of alkyl halides is 3. The van der Waals surface area contributed by atoms with Crippen molar-refractivity contribution < 1.29 is 17.6 Å². The molecule has 0 spiro atoms. The zero-order valence-corrected chi connectivity index (χ0v) is 16.7. The van der Waals surface area contributed by atoms with Gasteiger partial charge in [0.2, 0.25) is 0 Å². The van der Waals surface area contributed by atoms with Gasteiger partial charge in [0, 0.05) is 31.1 Å². The van der Waals surface area contributed by atoms with E-state index < -0.39 is 17.8 Å². The molecule has 33 heavy (non-hydrogen) atoms. The molecule has 1 aliphatic heterocycles. The van der Waals surface area contributed by atoms with E-state index in [4.69, 9.17) is 4.42 Å². The van der Waals surface area contributed by atoms with Gasteiger partial charge >= 0.3 is 12.2 Å². The van der Waals surface area contributed by atoms with E-state index in [1.807, 2.05) is 0 Å². The van der Waals surface area contributed by atoms with Gasteiger partial charge in [0.25, 0.3) is 5.89 Å². The zero-order chi connectivity index (χ0) is 22.6. The van der Waals surface area contributed by atoms with E-state index in [0.29, 0.717) is 30.0 Å². The summed E-state index contributed by atoms with van der Waals surface area (Å²) >= 11 is 0. The van der Waals surface area contributed by atoms with Crippen LogP contribution < -0.4 is 4.90 Å². The number of nitrogens with zero attached hydrogens (tertiary/aromatic N) is 8. The van der Waals surface area contributed by atoms with Gasteiger partial charge in [-0.2, -0.15) is 23.4 Å². The molecular weight excluding hydrogens is 439 g/mol. The van der Waals surface area contributed by atoms with Gasteiger partial charge in [0.15, 0.2) is 0 Å². The molecule has 6 rings (SSSR count). The van der Waals surface area contributed by atoms with Gasteiger partial charge in [0.1, 0.15) is 11.7 Å². The molecule has 1 atom stereocenters. The van der Waals surface area contributed by atoms with Crippen molar-refractivity contribution in [3.63, 3.8) is 0 Å². The van der Waals surface area contributed by atoms with Crippen LogP contribution in [-0.2, 0) is 12.6 Å². The molecule has 5 aromatic heterocycles. The fraction of sp³-hybridized carbons (Fsp3) is 0.200. The number of hydrogen-bond acceptors (Lipinski definition) is 8. The Balaban J connectivity index is 1.47. The first-order valence-corrected chi connectivity index (χ1v) is 9.95. The highest BCUT2D eigenvalue weighted by Gasteiger charge is 2.38. The van der Waals surface area contributed by atoms with E-state index in [1.54, 1.807) is 23.4 Å². The molecule has 0 radical (unpaired) electrons. The van der Waals surface area contributed by atoms with Gasteiger partial charge in [-0.15, -0.1) is 10.2 Å². The average molecular weight is 453 g/mol. The Hall–Kier alpha value is -4.29. The summed E-state index contributed by atoms with van der Waals surface area (Å²) in [6, 6.07) is 6.70. The lowest BCUT2D eigenvalue weighted by atomic mass is 10.00. The number of H-pyrrole nitrogens is 1. The molecule has 0 amide bonds. The lowest BCUT2D eigenvalue weighted by Crippen LogP contribution is -2.36. The molecule has 6 heterocycles. The first-order chi connectivity index (χ1) is 16.0. The number of rotatable bonds is 3. The van der Waals surface area contributed by atoms with Crippen LogP contribution in [-0.4, -0.2) is 46.5 Å². The van der Waals surface area contributed by atoms with Crippen LogP contribution in [0.1, 0.15) is 28.7 Å². The average Bonchev–Trinajstić information content (AvgIpc) is 3.56. The summed E-state index contributed by atoms with van der Waals surface area (Å²) in [5.74, 6) is 0.180. The third kappa shape index (κ3) is 3.20. The predicted octanol–water partition coefficient (Wildman–Crippen LogP) is 3.07. The molecule has 10 nitrogen and oxygen atoms in total. The van der Waals surface area contributed by atoms with E-state index in [9.17, 15) is 13.2 Å². The van der Waals surface area contributed by atoms with Crippen LogP contribution in [0.5, 0.6) is 0 Å². The molecule has 0 fully saturated rings. The topological polar surface area (TPSA) is 114 Å². The minimum Gasteiger partial charge on any atom is -0.401 e. The molecule has 166 valence electrons. The molecular formula is C20H14F3N9O. The van der Waals surface area contributed by atoms with Crippen molar-refractivity contribution in [1.82, 2.24) is 40.0 Å².